The molecule has 0 saturated carbocycles. The molecule has 0 aromatic rings. The van der Waals surface area contributed by atoms with Crippen LogP contribution in [0.15, 0.2) is 0 Å². The highest BCUT2D eigenvalue weighted by molar-refractivity contribution is 5.74. The lowest BCUT2D eigenvalue weighted by atomic mass is 9.99. The molecule has 5 heteroatoms. The van der Waals surface area contributed by atoms with Gasteiger partial charge in [-0.05, 0) is 57.5 Å². The van der Waals surface area contributed by atoms with Crippen molar-refractivity contribution in [1.29, 1.82) is 0 Å². The first-order valence-electron chi connectivity index (χ1n) is 8.58. The minimum atomic E-state index is 0.0542. The zero-order valence-corrected chi connectivity index (χ0v) is 13.4. The molecule has 2 aliphatic rings. The van der Waals surface area contributed by atoms with Crippen LogP contribution >= 0.6 is 0 Å². The van der Waals surface area contributed by atoms with E-state index >= 15 is 0 Å². The summed E-state index contributed by atoms with van der Waals surface area (Å²) < 4.78 is 0. The van der Waals surface area contributed by atoms with Crippen LogP contribution in [0, 0.1) is 5.92 Å². The summed E-state index contributed by atoms with van der Waals surface area (Å²) in [5.41, 5.74) is 0. The number of hydrogen-bond acceptors (Lipinski definition) is 3. The van der Waals surface area contributed by atoms with Gasteiger partial charge in [0.15, 0.2) is 0 Å². The zero-order chi connectivity index (χ0) is 15.1. The number of likely N-dealkylation sites (tertiary alicyclic amines) is 2. The maximum Gasteiger partial charge on any atom is 0.317 e. The van der Waals surface area contributed by atoms with Crippen molar-refractivity contribution in [2.45, 2.75) is 51.5 Å². The van der Waals surface area contributed by atoms with Crippen molar-refractivity contribution in [1.82, 2.24) is 15.1 Å². The van der Waals surface area contributed by atoms with Gasteiger partial charge in [-0.25, -0.2) is 4.79 Å². The molecule has 0 aliphatic carbocycles. The molecular formula is C16H31N3O2. The summed E-state index contributed by atoms with van der Waals surface area (Å²) in [5, 5.41) is 12.2. The van der Waals surface area contributed by atoms with Gasteiger partial charge < -0.3 is 20.2 Å². The Labute approximate surface area is 128 Å². The predicted octanol–water partition coefficient (Wildman–Crippen LogP) is 1.66. The monoisotopic (exact) mass is 297 g/mol. The summed E-state index contributed by atoms with van der Waals surface area (Å²) in [6.07, 6.45) is 6.53. The summed E-state index contributed by atoms with van der Waals surface area (Å²) in [6.45, 7) is 7.32. The molecule has 0 aromatic carbocycles. The van der Waals surface area contributed by atoms with Gasteiger partial charge in [0, 0.05) is 32.3 Å². The maximum atomic E-state index is 12.3. The lowest BCUT2D eigenvalue weighted by Crippen LogP contribution is -2.50. The molecule has 2 fully saturated rings. The fraction of sp³-hybridized carbons (Fsp3) is 0.938. The van der Waals surface area contributed by atoms with Gasteiger partial charge in [0.05, 0.1) is 0 Å². The molecule has 21 heavy (non-hydrogen) atoms. The standard InChI is InChI=1S/C16H31N3O2/c1-14-5-10-18(11-6-14)12-8-17-16(21)19-9-3-2-4-15(19)7-13-20/h14-15,20H,2-13H2,1H3,(H,17,21). The second kappa shape index (κ2) is 8.59. The summed E-state index contributed by atoms with van der Waals surface area (Å²) in [7, 11) is 0. The van der Waals surface area contributed by atoms with Gasteiger partial charge >= 0.3 is 6.03 Å². The van der Waals surface area contributed by atoms with Crippen LogP contribution in [0.2, 0.25) is 0 Å². The Kier molecular flexibility index (Phi) is 6.77. The van der Waals surface area contributed by atoms with Crippen LogP contribution < -0.4 is 5.32 Å². The van der Waals surface area contributed by atoms with Crippen LogP contribution in [0.5, 0.6) is 0 Å². The Bertz CT molecular complexity index is 315. The minimum absolute atomic E-state index is 0.0542. The first-order valence-corrected chi connectivity index (χ1v) is 8.58. The number of aliphatic hydroxyl groups is 1. The SMILES string of the molecule is CC1CCN(CCNC(=O)N2CCCCC2CCO)CC1. The molecule has 122 valence electrons. The number of carbonyl (C=O) groups excluding carboxylic acids is 1. The number of piperidine rings is 2. The smallest absolute Gasteiger partial charge is 0.317 e. The van der Waals surface area contributed by atoms with Crippen LogP contribution in [0.3, 0.4) is 0 Å². The third kappa shape index (κ3) is 5.15. The van der Waals surface area contributed by atoms with Gasteiger partial charge in [0.25, 0.3) is 0 Å². The van der Waals surface area contributed by atoms with Gasteiger partial charge in [-0.15, -0.1) is 0 Å². The normalized spacial score (nSPS) is 25.0. The molecule has 2 amide bonds. The van der Waals surface area contributed by atoms with E-state index in [1.54, 1.807) is 0 Å². The van der Waals surface area contributed by atoms with Crippen molar-refractivity contribution in [2.24, 2.45) is 5.92 Å². The molecule has 0 radical (unpaired) electrons. The van der Waals surface area contributed by atoms with Crippen LogP contribution in [0.1, 0.15) is 45.4 Å². The second-order valence-electron chi connectivity index (χ2n) is 6.61. The predicted molar refractivity (Wildman–Crippen MR) is 84.3 cm³/mol. The highest BCUT2D eigenvalue weighted by atomic mass is 16.3. The molecule has 1 atom stereocenters. The molecule has 2 saturated heterocycles. The number of carbonyl (C=O) groups is 1. The Balaban J connectivity index is 1.68. The number of rotatable bonds is 5. The van der Waals surface area contributed by atoms with Crippen LogP contribution in [0.4, 0.5) is 4.79 Å². The zero-order valence-electron chi connectivity index (χ0n) is 13.4. The number of aliphatic hydroxyl groups excluding tert-OH is 1. The molecule has 0 spiro atoms. The third-order valence-electron chi connectivity index (χ3n) is 4.93. The number of nitrogens with one attached hydrogen (secondary N) is 1. The van der Waals surface area contributed by atoms with E-state index in [9.17, 15) is 4.79 Å². The van der Waals surface area contributed by atoms with Crippen molar-refractivity contribution >= 4 is 6.03 Å². The fourth-order valence-electron chi connectivity index (χ4n) is 3.43. The van der Waals surface area contributed by atoms with Gasteiger partial charge in [0.1, 0.15) is 0 Å². The van der Waals surface area contributed by atoms with Crippen LogP contribution in [-0.4, -0.2) is 66.3 Å². The Morgan fingerprint density at radius 3 is 2.67 bits per heavy atom. The van der Waals surface area contributed by atoms with Crippen LogP contribution in [0.25, 0.3) is 0 Å². The van der Waals surface area contributed by atoms with E-state index in [1.165, 1.54) is 19.3 Å². The van der Waals surface area contributed by atoms with Crippen molar-refractivity contribution in [3.8, 4) is 0 Å². The van der Waals surface area contributed by atoms with Gasteiger partial charge in [-0.1, -0.05) is 6.92 Å². The molecule has 1 unspecified atom stereocenters. The highest BCUT2D eigenvalue weighted by Crippen LogP contribution is 2.19. The molecule has 0 bridgehead atoms. The Hall–Kier alpha value is -0.810. The topological polar surface area (TPSA) is 55.8 Å². The van der Waals surface area contributed by atoms with Crippen LogP contribution in [-0.2, 0) is 0 Å². The van der Waals surface area contributed by atoms with Crippen molar-refractivity contribution in [2.75, 3.05) is 39.3 Å². The Morgan fingerprint density at radius 1 is 1.19 bits per heavy atom. The lowest BCUT2D eigenvalue weighted by molar-refractivity contribution is 0.130. The van der Waals surface area contributed by atoms with E-state index in [2.05, 4.69) is 17.1 Å². The molecule has 5 nitrogen and oxygen atoms in total. The van der Waals surface area contributed by atoms with E-state index in [-0.39, 0.29) is 18.7 Å². The molecule has 2 heterocycles. The van der Waals surface area contributed by atoms with Crippen molar-refractivity contribution in [3.05, 3.63) is 0 Å². The number of hydrogen-bond donors (Lipinski definition) is 2. The van der Waals surface area contributed by atoms with Gasteiger partial charge in [0.2, 0.25) is 0 Å². The number of urea groups is 1. The number of amides is 2. The first-order chi connectivity index (χ1) is 10.2. The summed E-state index contributed by atoms with van der Waals surface area (Å²) in [4.78, 5) is 16.7. The second-order valence-corrected chi connectivity index (χ2v) is 6.61. The summed E-state index contributed by atoms with van der Waals surface area (Å²) in [6, 6.07) is 0.276. The average molecular weight is 297 g/mol. The molecule has 2 aliphatic heterocycles. The van der Waals surface area contributed by atoms with Gasteiger partial charge in [-0.2, -0.15) is 0 Å². The third-order valence-corrected chi connectivity index (χ3v) is 4.93. The number of nitrogens with zero attached hydrogens (tertiary/aromatic N) is 2. The minimum Gasteiger partial charge on any atom is -0.396 e. The van der Waals surface area contributed by atoms with Crippen molar-refractivity contribution < 1.29 is 9.90 Å². The first kappa shape index (κ1) is 16.6. The fourth-order valence-corrected chi connectivity index (χ4v) is 3.43. The molecule has 0 aromatic heterocycles. The van der Waals surface area contributed by atoms with E-state index in [1.807, 2.05) is 4.90 Å². The summed E-state index contributed by atoms with van der Waals surface area (Å²) in [5.74, 6) is 0.850. The van der Waals surface area contributed by atoms with E-state index < -0.39 is 0 Å². The van der Waals surface area contributed by atoms with E-state index in [0.29, 0.717) is 6.42 Å². The largest absolute Gasteiger partial charge is 0.396 e. The quantitative estimate of drug-likeness (QED) is 0.811. The molecule has 2 N–H and O–H groups in total. The Morgan fingerprint density at radius 2 is 1.95 bits per heavy atom. The van der Waals surface area contributed by atoms with Gasteiger partial charge in [-0.3, -0.25) is 0 Å². The summed E-state index contributed by atoms with van der Waals surface area (Å²) >= 11 is 0. The molecule has 2 rings (SSSR count). The lowest BCUT2D eigenvalue weighted by Gasteiger charge is -2.36. The van der Waals surface area contributed by atoms with E-state index in [0.717, 1.165) is 51.5 Å². The molecular weight excluding hydrogens is 266 g/mol. The highest BCUT2D eigenvalue weighted by Gasteiger charge is 2.26. The van der Waals surface area contributed by atoms with Crippen molar-refractivity contribution in [3.63, 3.8) is 0 Å². The average Bonchev–Trinajstić information content (AvgIpc) is 2.50. The van der Waals surface area contributed by atoms with E-state index in [4.69, 9.17) is 5.11 Å². The maximum absolute atomic E-state index is 12.3.